The van der Waals surface area contributed by atoms with Gasteiger partial charge in [-0.1, -0.05) is 29.3 Å². The van der Waals surface area contributed by atoms with Crippen LogP contribution in [0.2, 0.25) is 10.0 Å². The third kappa shape index (κ3) is 4.41. The number of benzene rings is 1. The maximum Gasteiger partial charge on any atom is 0.270 e. The minimum Gasteiger partial charge on any atom is -0.350 e. The Labute approximate surface area is 133 Å². The van der Waals surface area contributed by atoms with Crippen molar-refractivity contribution in [2.75, 3.05) is 6.54 Å². The van der Waals surface area contributed by atoms with Crippen molar-refractivity contribution in [1.82, 2.24) is 15.3 Å². The first-order valence-electron chi connectivity index (χ1n) is 6.50. The van der Waals surface area contributed by atoms with E-state index < -0.39 is 0 Å². The van der Waals surface area contributed by atoms with Gasteiger partial charge in [-0.25, -0.2) is 9.97 Å². The molecule has 6 heteroatoms. The number of aryl methyl sites for hydroxylation is 2. The van der Waals surface area contributed by atoms with Gasteiger partial charge < -0.3 is 5.32 Å². The van der Waals surface area contributed by atoms with Crippen molar-refractivity contribution in [1.29, 1.82) is 0 Å². The van der Waals surface area contributed by atoms with Gasteiger partial charge in [0, 0.05) is 22.3 Å². The van der Waals surface area contributed by atoms with E-state index in [1.165, 1.54) is 0 Å². The summed E-state index contributed by atoms with van der Waals surface area (Å²) in [4.78, 5) is 20.3. The number of hydrogen-bond donors (Lipinski definition) is 1. The topological polar surface area (TPSA) is 54.9 Å². The summed E-state index contributed by atoms with van der Waals surface area (Å²) in [5.74, 6) is 0.370. The fourth-order valence-electron chi connectivity index (χ4n) is 1.96. The summed E-state index contributed by atoms with van der Waals surface area (Å²) >= 11 is 11.9. The van der Waals surface area contributed by atoms with Crippen molar-refractivity contribution in [2.24, 2.45) is 0 Å². The molecule has 0 unspecified atom stereocenters. The van der Waals surface area contributed by atoms with Crippen molar-refractivity contribution in [3.63, 3.8) is 0 Å². The summed E-state index contributed by atoms with van der Waals surface area (Å²) in [6.07, 6.45) is 0.630. The van der Waals surface area contributed by atoms with Gasteiger partial charge in [0.15, 0.2) is 0 Å². The molecule has 1 N–H and O–H groups in total. The van der Waals surface area contributed by atoms with Crippen LogP contribution in [0.5, 0.6) is 0 Å². The molecule has 0 aliphatic rings. The summed E-state index contributed by atoms with van der Waals surface area (Å²) in [7, 11) is 0. The second-order valence-electron chi connectivity index (χ2n) is 4.68. The molecule has 2 rings (SSSR count). The zero-order chi connectivity index (χ0) is 15.4. The van der Waals surface area contributed by atoms with Crippen LogP contribution in [0.25, 0.3) is 0 Å². The van der Waals surface area contributed by atoms with E-state index in [-0.39, 0.29) is 5.91 Å². The molecule has 0 spiro atoms. The molecule has 21 heavy (non-hydrogen) atoms. The summed E-state index contributed by atoms with van der Waals surface area (Å²) in [6, 6.07) is 6.99. The van der Waals surface area contributed by atoms with Gasteiger partial charge in [0.05, 0.1) is 0 Å². The quantitative estimate of drug-likeness (QED) is 0.938. The van der Waals surface area contributed by atoms with E-state index in [1.54, 1.807) is 25.1 Å². The third-order valence-electron chi connectivity index (χ3n) is 2.89. The standard InChI is InChI=1S/C15H15Cl2N3O/c1-9-7-14(20-10(2)19-9)15(21)18-6-5-11-3-4-12(16)8-13(11)17/h3-4,7-8H,5-6H2,1-2H3,(H,18,21). The van der Waals surface area contributed by atoms with Crippen molar-refractivity contribution < 1.29 is 4.79 Å². The number of amides is 1. The van der Waals surface area contributed by atoms with Gasteiger partial charge in [0.25, 0.3) is 5.91 Å². The molecule has 110 valence electrons. The normalized spacial score (nSPS) is 10.5. The van der Waals surface area contributed by atoms with Crippen molar-refractivity contribution >= 4 is 29.1 Å². The van der Waals surface area contributed by atoms with E-state index in [0.29, 0.717) is 34.5 Å². The zero-order valence-electron chi connectivity index (χ0n) is 11.8. The Hall–Kier alpha value is -1.65. The third-order valence-corrected chi connectivity index (χ3v) is 3.48. The predicted molar refractivity (Wildman–Crippen MR) is 84.0 cm³/mol. The van der Waals surface area contributed by atoms with Crippen LogP contribution in [0, 0.1) is 13.8 Å². The number of hydrogen-bond acceptors (Lipinski definition) is 3. The second kappa shape index (κ2) is 6.87. The number of carbonyl (C=O) groups is 1. The number of halogens is 2. The molecule has 0 bridgehead atoms. The first kappa shape index (κ1) is 15.7. The van der Waals surface area contributed by atoms with Crippen LogP contribution in [0.1, 0.15) is 27.6 Å². The fourth-order valence-corrected chi connectivity index (χ4v) is 2.46. The van der Waals surface area contributed by atoms with Gasteiger partial charge in [0.2, 0.25) is 0 Å². The van der Waals surface area contributed by atoms with Crippen LogP contribution < -0.4 is 5.32 Å². The van der Waals surface area contributed by atoms with Gasteiger partial charge in [0.1, 0.15) is 11.5 Å². The summed E-state index contributed by atoms with van der Waals surface area (Å²) in [5, 5.41) is 4.02. The molecular formula is C15H15Cl2N3O. The number of carbonyl (C=O) groups excluding carboxylic acids is 1. The first-order chi connectivity index (χ1) is 9.95. The van der Waals surface area contributed by atoms with Crippen molar-refractivity contribution in [3.8, 4) is 0 Å². The minimum absolute atomic E-state index is 0.214. The monoisotopic (exact) mass is 323 g/mol. The van der Waals surface area contributed by atoms with Gasteiger partial charge in [-0.15, -0.1) is 0 Å². The fraction of sp³-hybridized carbons (Fsp3) is 0.267. The Morgan fingerprint density at radius 2 is 1.95 bits per heavy atom. The van der Waals surface area contributed by atoms with E-state index in [2.05, 4.69) is 15.3 Å². The smallest absolute Gasteiger partial charge is 0.270 e. The molecule has 1 heterocycles. The average molecular weight is 324 g/mol. The maximum absolute atomic E-state index is 12.0. The number of aromatic nitrogens is 2. The number of nitrogens with zero attached hydrogens (tertiary/aromatic N) is 2. The highest BCUT2D eigenvalue weighted by Gasteiger charge is 2.09. The Kier molecular flexibility index (Phi) is 5.15. The van der Waals surface area contributed by atoms with Crippen LogP contribution >= 0.6 is 23.2 Å². The molecular weight excluding hydrogens is 309 g/mol. The molecule has 0 fully saturated rings. The van der Waals surface area contributed by atoms with Crippen LogP contribution in [0.3, 0.4) is 0 Å². The van der Waals surface area contributed by atoms with Crippen LogP contribution in [0.4, 0.5) is 0 Å². The van der Waals surface area contributed by atoms with E-state index >= 15 is 0 Å². The Morgan fingerprint density at radius 3 is 2.62 bits per heavy atom. The predicted octanol–water partition coefficient (Wildman–Crippen LogP) is 3.37. The van der Waals surface area contributed by atoms with Crippen molar-refractivity contribution in [2.45, 2.75) is 20.3 Å². The first-order valence-corrected chi connectivity index (χ1v) is 7.25. The van der Waals surface area contributed by atoms with Crippen molar-refractivity contribution in [3.05, 3.63) is 57.1 Å². The summed E-state index contributed by atoms with van der Waals surface area (Å²) in [5.41, 5.74) is 2.09. The molecule has 0 radical (unpaired) electrons. The molecule has 0 saturated heterocycles. The maximum atomic E-state index is 12.0. The molecule has 4 nitrogen and oxygen atoms in total. The minimum atomic E-state index is -0.214. The Bertz CT molecular complexity index is 654. The van der Waals surface area contributed by atoms with E-state index in [0.717, 1.165) is 11.3 Å². The van der Waals surface area contributed by atoms with Crippen LogP contribution in [-0.2, 0) is 6.42 Å². The molecule has 2 aromatic rings. The van der Waals surface area contributed by atoms with Crippen LogP contribution in [-0.4, -0.2) is 22.4 Å². The van der Waals surface area contributed by atoms with Gasteiger partial charge in [-0.05, 0) is 44.0 Å². The molecule has 1 aromatic carbocycles. The SMILES string of the molecule is Cc1cc(C(=O)NCCc2ccc(Cl)cc2Cl)nc(C)n1. The molecule has 0 aliphatic heterocycles. The number of rotatable bonds is 4. The van der Waals surface area contributed by atoms with Gasteiger partial charge in [-0.2, -0.15) is 0 Å². The van der Waals surface area contributed by atoms with Crippen LogP contribution in [0.15, 0.2) is 24.3 Å². The lowest BCUT2D eigenvalue weighted by molar-refractivity contribution is 0.0948. The molecule has 1 amide bonds. The Morgan fingerprint density at radius 1 is 1.19 bits per heavy atom. The highest BCUT2D eigenvalue weighted by atomic mass is 35.5. The molecule has 0 saturated carbocycles. The van der Waals surface area contributed by atoms with Gasteiger partial charge in [-0.3, -0.25) is 4.79 Å². The Balaban J connectivity index is 1.95. The lowest BCUT2D eigenvalue weighted by Crippen LogP contribution is -2.27. The summed E-state index contributed by atoms with van der Waals surface area (Å²) < 4.78 is 0. The lowest BCUT2D eigenvalue weighted by Gasteiger charge is -2.07. The average Bonchev–Trinajstić information content (AvgIpc) is 2.40. The highest BCUT2D eigenvalue weighted by molar-refractivity contribution is 6.35. The highest BCUT2D eigenvalue weighted by Crippen LogP contribution is 2.21. The molecule has 1 aromatic heterocycles. The van der Waals surface area contributed by atoms with E-state index in [4.69, 9.17) is 23.2 Å². The largest absolute Gasteiger partial charge is 0.350 e. The van der Waals surface area contributed by atoms with E-state index in [1.807, 2.05) is 13.0 Å². The molecule has 0 aliphatic carbocycles. The zero-order valence-corrected chi connectivity index (χ0v) is 13.3. The number of nitrogens with one attached hydrogen (secondary N) is 1. The second-order valence-corrected chi connectivity index (χ2v) is 5.53. The van der Waals surface area contributed by atoms with E-state index in [9.17, 15) is 4.79 Å². The lowest BCUT2D eigenvalue weighted by atomic mass is 10.1. The van der Waals surface area contributed by atoms with Gasteiger partial charge >= 0.3 is 0 Å². The summed E-state index contributed by atoms with van der Waals surface area (Å²) in [6.45, 7) is 4.07. The molecule has 0 atom stereocenters.